The molecule has 0 radical (unpaired) electrons. The van der Waals surface area contributed by atoms with Gasteiger partial charge in [-0.2, -0.15) is 0 Å². The van der Waals surface area contributed by atoms with Crippen molar-refractivity contribution in [2.45, 2.75) is 11.4 Å². The molecule has 0 aliphatic carbocycles. The Balaban J connectivity index is 3.05. The lowest BCUT2D eigenvalue weighted by molar-refractivity contribution is 0.138. The van der Waals surface area contributed by atoms with E-state index >= 15 is 0 Å². The Bertz CT molecular complexity index is 458. The number of aliphatic hydroxyl groups is 2. The van der Waals surface area contributed by atoms with Crippen molar-refractivity contribution < 1.29 is 18.6 Å². The molecule has 1 aromatic rings. The van der Waals surface area contributed by atoms with Gasteiger partial charge in [0.05, 0.1) is 12.7 Å². The molecule has 0 aromatic heterocycles. The third kappa shape index (κ3) is 2.94. The largest absolute Gasteiger partial charge is 0.399 e. The minimum absolute atomic E-state index is 0.379. The second-order valence-electron chi connectivity index (χ2n) is 3.67. The van der Waals surface area contributed by atoms with Gasteiger partial charge in [-0.25, -0.2) is 8.42 Å². The van der Waals surface area contributed by atoms with Crippen molar-refractivity contribution in [1.29, 1.82) is 0 Å². The molecule has 0 fully saturated rings. The van der Waals surface area contributed by atoms with Crippen LogP contribution >= 0.6 is 0 Å². The zero-order valence-electron chi connectivity index (χ0n) is 8.87. The van der Waals surface area contributed by atoms with Gasteiger partial charge in [0.1, 0.15) is 5.25 Å². The van der Waals surface area contributed by atoms with Crippen LogP contribution < -0.4 is 5.73 Å². The highest BCUT2D eigenvalue weighted by Gasteiger charge is 2.29. The molecule has 0 saturated heterocycles. The van der Waals surface area contributed by atoms with Gasteiger partial charge in [0, 0.05) is 11.9 Å². The Kier molecular flexibility index (Phi) is 3.90. The number of nitrogens with two attached hydrogens (primary N) is 1. The highest BCUT2D eigenvalue weighted by Crippen LogP contribution is 2.23. The van der Waals surface area contributed by atoms with Crippen LogP contribution in [0.15, 0.2) is 24.3 Å². The molecule has 0 heterocycles. The van der Waals surface area contributed by atoms with Crippen LogP contribution in [-0.4, -0.2) is 36.7 Å². The Hall–Kier alpha value is -1.11. The molecule has 0 bridgehead atoms. The average molecular weight is 245 g/mol. The minimum Gasteiger partial charge on any atom is -0.399 e. The maximum atomic E-state index is 11.3. The summed E-state index contributed by atoms with van der Waals surface area (Å²) in [6.07, 6.45) is -0.299. The van der Waals surface area contributed by atoms with Crippen molar-refractivity contribution in [2.75, 3.05) is 18.6 Å². The summed E-state index contributed by atoms with van der Waals surface area (Å²) in [5.74, 6) is 0. The molecule has 0 unspecified atom stereocenters. The van der Waals surface area contributed by atoms with Gasteiger partial charge >= 0.3 is 0 Å². The van der Waals surface area contributed by atoms with Crippen molar-refractivity contribution in [3.8, 4) is 0 Å². The van der Waals surface area contributed by atoms with Crippen LogP contribution in [0.1, 0.15) is 11.7 Å². The summed E-state index contributed by atoms with van der Waals surface area (Å²) in [4.78, 5) is 0. The van der Waals surface area contributed by atoms with Gasteiger partial charge in [0.2, 0.25) is 0 Å². The van der Waals surface area contributed by atoms with Crippen LogP contribution in [0.5, 0.6) is 0 Å². The zero-order valence-corrected chi connectivity index (χ0v) is 9.68. The van der Waals surface area contributed by atoms with Crippen molar-refractivity contribution in [3.05, 3.63) is 29.8 Å². The summed E-state index contributed by atoms with van der Waals surface area (Å²) in [5.41, 5.74) is 6.34. The van der Waals surface area contributed by atoms with E-state index in [0.29, 0.717) is 11.3 Å². The molecular weight excluding hydrogens is 230 g/mol. The molecule has 90 valence electrons. The van der Waals surface area contributed by atoms with Gasteiger partial charge in [-0.1, -0.05) is 12.1 Å². The van der Waals surface area contributed by atoms with Gasteiger partial charge in [-0.05, 0) is 17.7 Å². The number of anilines is 1. The van der Waals surface area contributed by atoms with E-state index in [1.165, 1.54) is 6.07 Å². The third-order valence-electron chi connectivity index (χ3n) is 2.33. The molecule has 0 spiro atoms. The van der Waals surface area contributed by atoms with Gasteiger partial charge in [0.25, 0.3) is 0 Å². The van der Waals surface area contributed by atoms with Gasteiger partial charge < -0.3 is 15.9 Å². The van der Waals surface area contributed by atoms with Crippen LogP contribution in [0.4, 0.5) is 5.69 Å². The molecule has 0 amide bonds. The predicted octanol–water partition coefficient (Wildman–Crippen LogP) is -0.292. The molecule has 0 aliphatic heterocycles. The fourth-order valence-corrected chi connectivity index (χ4v) is 2.32. The highest BCUT2D eigenvalue weighted by molar-refractivity contribution is 7.91. The first kappa shape index (κ1) is 13.0. The van der Waals surface area contributed by atoms with Crippen LogP contribution in [0.2, 0.25) is 0 Å². The first-order chi connectivity index (χ1) is 7.36. The normalized spacial score (nSPS) is 15.7. The summed E-state index contributed by atoms with van der Waals surface area (Å²) < 4.78 is 22.6. The quantitative estimate of drug-likeness (QED) is 0.633. The molecule has 1 aromatic carbocycles. The molecule has 0 saturated carbocycles. The summed E-state index contributed by atoms with van der Waals surface area (Å²) >= 11 is 0. The van der Waals surface area contributed by atoms with E-state index in [1.807, 2.05) is 0 Å². The summed E-state index contributed by atoms with van der Waals surface area (Å²) in [6.45, 7) is -0.630. The Morgan fingerprint density at radius 3 is 2.50 bits per heavy atom. The van der Waals surface area contributed by atoms with E-state index in [0.717, 1.165) is 6.26 Å². The SMILES string of the molecule is CS(=O)(=O)[C@H](CO)[C@H](O)c1cccc(N)c1. The van der Waals surface area contributed by atoms with Crippen molar-refractivity contribution in [2.24, 2.45) is 0 Å². The third-order valence-corrected chi connectivity index (χ3v) is 3.84. The summed E-state index contributed by atoms with van der Waals surface area (Å²) in [7, 11) is -3.52. The van der Waals surface area contributed by atoms with E-state index in [1.54, 1.807) is 18.2 Å². The lowest BCUT2D eigenvalue weighted by atomic mass is 10.1. The van der Waals surface area contributed by atoms with Gasteiger partial charge in [0.15, 0.2) is 9.84 Å². The number of sulfone groups is 1. The highest BCUT2D eigenvalue weighted by atomic mass is 32.2. The topological polar surface area (TPSA) is 101 Å². The molecule has 0 aliphatic rings. The van der Waals surface area contributed by atoms with Crippen LogP contribution in [0.3, 0.4) is 0 Å². The van der Waals surface area contributed by atoms with Crippen LogP contribution in [0.25, 0.3) is 0 Å². The minimum atomic E-state index is -3.52. The fraction of sp³-hybridized carbons (Fsp3) is 0.400. The zero-order chi connectivity index (χ0) is 12.3. The number of hydrogen-bond donors (Lipinski definition) is 3. The fourth-order valence-electron chi connectivity index (χ4n) is 1.43. The average Bonchev–Trinajstić information content (AvgIpc) is 2.16. The van der Waals surface area contributed by atoms with Crippen molar-refractivity contribution in [1.82, 2.24) is 0 Å². The molecule has 2 atom stereocenters. The standard InChI is InChI=1S/C10H15NO4S/c1-16(14,15)9(6-12)10(13)7-3-2-4-8(11)5-7/h2-5,9-10,12-13H,6,11H2,1H3/t9-,10-/m1/s1. The first-order valence-electron chi connectivity index (χ1n) is 4.69. The van der Waals surface area contributed by atoms with Crippen LogP contribution in [-0.2, 0) is 9.84 Å². The van der Waals surface area contributed by atoms with Gasteiger partial charge in [-0.15, -0.1) is 0 Å². The number of nitrogen functional groups attached to an aromatic ring is 1. The number of benzene rings is 1. The molecular formula is C10H15NO4S. The number of hydrogen-bond acceptors (Lipinski definition) is 5. The molecule has 1 rings (SSSR count). The summed E-state index contributed by atoms with van der Waals surface area (Å²) in [5, 5.41) is 17.6. The maximum absolute atomic E-state index is 11.3. The smallest absolute Gasteiger partial charge is 0.155 e. The molecule has 4 N–H and O–H groups in total. The Morgan fingerprint density at radius 2 is 2.06 bits per heavy atom. The Morgan fingerprint density at radius 1 is 1.44 bits per heavy atom. The maximum Gasteiger partial charge on any atom is 0.155 e. The first-order valence-corrected chi connectivity index (χ1v) is 6.65. The number of aliphatic hydroxyl groups excluding tert-OH is 2. The predicted molar refractivity (Wildman–Crippen MR) is 61.5 cm³/mol. The van der Waals surface area contributed by atoms with Crippen molar-refractivity contribution >= 4 is 15.5 Å². The second kappa shape index (κ2) is 4.82. The molecule has 5 nitrogen and oxygen atoms in total. The van der Waals surface area contributed by atoms with Crippen molar-refractivity contribution in [3.63, 3.8) is 0 Å². The molecule has 16 heavy (non-hydrogen) atoms. The van der Waals surface area contributed by atoms with E-state index in [2.05, 4.69) is 0 Å². The monoisotopic (exact) mass is 245 g/mol. The van der Waals surface area contributed by atoms with Crippen LogP contribution in [0, 0.1) is 0 Å². The van der Waals surface area contributed by atoms with E-state index in [4.69, 9.17) is 10.8 Å². The molecule has 6 heteroatoms. The lowest BCUT2D eigenvalue weighted by Crippen LogP contribution is -2.31. The second-order valence-corrected chi connectivity index (χ2v) is 5.93. The Labute approximate surface area is 94.4 Å². The van der Waals surface area contributed by atoms with Gasteiger partial charge in [-0.3, -0.25) is 0 Å². The van der Waals surface area contributed by atoms with E-state index in [9.17, 15) is 13.5 Å². The van der Waals surface area contributed by atoms with E-state index < -0.39 is 27.8 Å². The number of rotatable bonds is 4. The lowest BCUT2D eigenvalue weighted by Gasteiger charge is -2.19. The van der Waals surface area contributed by atoms with E-state index in [-0.39, 0.29) is 0 Å². The summed E-state index contributed by atoms with van der Waals surface area (Å²) in [6, 6.07) is 6.29.